The fourth-order valence-electron chi connectivity index (χ4n) is 0.283. The summed E-state index contributed by atoms with van der Waals surface area (Å²) in [4.78, 5) is 0. The zero-order valence-corrected chi connectivity index (χ0v) is 6.01. The van der Waals surface area contributed by atoms with Gasteiger partial charge in [0.15, 0.2) is 0 Å². The molecule has 44 valence electrons. The molecule has 7 heavy (non-hydrogen) atoms. The number of hydrogen-bond acceptors (Lipinski definition) is 3. The van der Waals surface area contributed by atoms with Crippen LogP contribution in [0.3, 0.4) is 0 Å². The molecule has 0 bridgehead atoms. The summed E-state index contributed by atoms with van der Waals surface area (Å²) in [7, 11) is 0. The minimum atomic E-state index is 0.910. The fourth-order valence-corrected chi connectivity index (χ4v) is 0.599. The molecule has 0 heterocycles. The summed E-state index contributed by atoms with van der Waals surface area (Å²) in [5.41, 5.74) is 0. The summed E-state index contributed by atoms with van der Waals surface area (Å²) in [6.45, 7) is 1.98. The number of thiol groups is 2. The first-order valence-corrected chi connectivity index (χ1v) is 3.60. The summed E-state index contributed by atoms with van der Waals surface area (Å²) < 4.78 is 0. The monoisotopic (exact) mass is 137 g/mol. The average Bonchev–Trinajstić information content (AvgIpc) is 1.69. The Labute approximate surface area is 55.7 Å². The molecule has 0 saturated heterocycles. The Bertz CT molecular complexity index is 28.9. The Morgan fingerprint density at radius 3 is 1.71 bits per heavy atom. The van der Waals surface area contributed by atoms with Crippen LogP contribution in [-0.4, -0.2) is 24.6 Å². The van der Waals surface area contributed by atoms with Gasteiger partial charge in [-0.1, -0.05) is 0 Å². The van der Waals surface area contributed by atoms with E-state index in [1.54, 1.807) is 0 Å². The van der Waals surface area contributed by atoms with Crippen molar-refractivity contribution < 1.29 is 0 Å². The lowest BCUT2D eigenvalue weighted by molar-refractivity contribution is 0.776. The fraction of sp³-hybridized carbons (Fsp3) is 1.00. The van der Waals surface area contributed by atoms with E-state index in [-0.39, 0.29) is 0 Å². The van der Waals surface area contributed by atoms with Gasteiger partial charge < -0.3 is 5.32 Å². The zero-order chi connectivity index (χ0) is 5.54. The smallest absolute Gasteiger partial charge is 0.00400 e. The van der Waals surface area contributed by atoms with Crippen LogP contribution in [0.15, 0.2) is 0 Å². The summed E-state index contributed by atoms with van der Waals surface area (Å²) in [5, 5.41) is 3.13. The van der Waals surface area contributed by atoms with Crippen LogP contribution in [0.1, 0.15) is 0 Å². The number of nitrogens with one attached hydrogen (secondary N) is 1. The van der Waals surface area contributed by atoms with Crippen molar-refractivity contribution in [2.75, 3.05) is 24.6 Å². The van der Waals surface area contributed by atoms with Crippen LogP contribution in [-0.2, 0) is 0 Å². The molecule has 0 spiro atoms. The molecule has 0 fully saturated rings. The van der Waals surface area contributed by atoms with Gasteiger partial charge in [-0.2, -0.15) is 25.3 Å². The van der Waals surface area contributed by atoms with Gasteiger partial charge in [0.25, 0.3) is 0 Å². The first-order valence-electron chi connectivity index (χ1n) is 2.34. The first kappa shape index (κ1) is 7.66. The maximum Gasteiger partial charge on any atom is 0.00400 e. The normalized spacial score (nSPS) is 9.43. The third-order valence-corrected chi connectivity index (χ3v) is 1.02. The second kappa shape index (κ2) is 6.66. The molecule has 0 amide bonds. The van der Waals surface area contributed by atoms with E-state index >= 15 is 0 Å². The summed E-state index contributed by atoms with van der Waals surface area (Å²) in [6.07, 6.45) is 0. The van der Waals surface area contributed by atoms with E-state index in [0.717, 1.165) is 24.6 Å². The van der Waals surface area contributed by atoms with Crippen molar-refractivity contribution in [3.05, 3.63) is 0 Å². The van der Waals surface area contributed by atoms with Gasteiger partial charge in [0, 0.05) is 24.6 Å². The van der Waals surface area contributed by atoms with E-state index in [9.17, 15) is 0 Å². The van der Waals surface area contributed by atoms with Crippen molar-refractivity contribution in [1.82, 2.24) is 5.32 Å². The Morgan fingerprint density at radius 2 is 1.43 bits per heavy atom. The van der Waals surface area contributed by atoms with Crippen LogP contribution in [0.2, 0.25) is 0 Å². The van der Waals surface area contributed by atoms with Crippen molar-refractivity contribution >= 4 is 25.3 Å². The van der Waals surface area contributed by atoms with Gasteiger partial charge in [-0.15, -0.1) is 0 Å². The molecule has 3 heteroatoms. The predicted molar refractivity (Wildman–Crippen MR) is 40.6 cm³/mol. The molecule has 0 aliphatic rings. The quantitative estimate of drug-likeness (QED) is 0.377. The van der Waals surface area contributed by atoms with Crippen LogP contribution in [0.4, 0.5) is 0 Å². The Morgan fingerprint density at radius 1 is 1.00 bits per heavy atom. The van der Waals surface area contributed by atoms with Crippen LogP contribution >= 0.6 is 25.3 Å². The van der Waals surface area contributed by atoms with Gasteiger partial charge in [-0.25, -0.2) is 0 Å². The summed E-state index contributed by atoms with van der Waals surface area (Å²) >= 11 is 8.01. The molecule has 1 nitrogen and oxygen atoms in total. The molecule has 0 rings (SSSR count). The summed E-state index contributed by atoms with van der Waals surface area (Å²) in [5.74, 6) is 1.82. The van der Waals surface area contributed by atoms with Gasteiger partial charge in [-0.05, 0) is 0 Å². The van der Waals surface area contributed by atoms with E-state index in [2.05, 4.69) is 30.6 Å². The molecule has 0 aromatic carbocycles. The second-order valence-electron chi connectivity index (χ2n) is 1.20. The number of rotatable bonds is 4. The minimum Gasteiger partial charge on any atom is -0.315 e. The molecule has 1 N–H and O–H groups in total. The Kier molecular flexibility index (Phi) is 7.29. The van der Waals surface area contributed by atoms with Gasteiger partial charge >= 0.3 is 0 Å². The van der Waals surface area contributed by atoms with E-state index in [4.69, 9.17) is 0 Å². The maximum atomic E-state index is 4.01. The number of hydrogen-bond donors (Lipinski definition) is 3. The average molecular weight is 137 g/mol. The van der Waals surface area contributed by atoms with E-state index in [0.29, 0.717) is 0 Å². The molecular weight excluding hydrogens is 126 g/mol. The highest BCUT2D eigenvalue weighted by molar-refractivity contribution is 7.80. The van der Waals surface area contributed by atoms with Crippen LogP contribution in [0.25, 0.3) is 0 Å². The van der Waals surface area contributed by atoms with Crippen molar-refractivity contribution in [2.24, 2.45) is 0 Å². The topological polar surface area (TPSA) is 12.0 Å². The molecule has 0 saturated carbocycles. The summed E-state index contributed by atoms with van der Waals surface area (Å²) in [6, 6.07) is 0. The van der Waals surface area contributed by atoms with Crippen LogP contribution in [0.5, 0.6) is 0 Å². The Balaban J connectivity index is 2.45. The molecular formula is C4H11NS2. The van der Waals surface area contributed by atoms with Gasteiger partial charge in [0.1, 0.15) is 0 Å². The first-order chi connectivity index (χ1) is 3.41. The lowest BCUT2D eigenvalue weighted by Gasteiger charge is -1.94. The van der Waals surface area contributed by atoms with Gasteiger partial charge in [0.05, 0.1) is 0 Å². The van der Waals surface area contributed by atoms with E-state index in [1.165, 1.54) is 0 Å². The highest BCUT2D eigenvalue weighted by atomic mass is 32.1. The SMILES string of the molecule is SCCNCCS. The third-order valence-electron chi connectivity index (χ3n) is 0.577. The van der Waals surface area contributed by atoms with Crippen LogP contribution in [0, 0.1) is 0 Å². The van der Waals surface area contributed by atoms with E-state index < -0.39 is 0 Å². The standard InChI is InChI=1S/C4H11NS2/c6-3-1-5-2-4-7/h5-7H,1-4H2. The molecule has 0 unspecified atom stereocenters. The Hall–Kier alpha value is 0.660. The van der Waals surface area contributed by atoms with Gasteiger partial charge in [-0.3, -0.25) is 0 Å². The van der Waals surface area contributed by atoms with Crippen molar-refractivity contribution in [3.8, 4) is 0 Å². The van der Waals surface area contributed by atoms with E-state index in [1.807, 2.05) is 0 Å². The molecule has 0 aliphatic carbocycles. The van der Waals surface area contributed by atoms with Gasteiger partial charge in [0.2, 0.25) is 0 Å². The molecule has 0 atom stereocenters. The van der Waals surface area contributed by atoms with Crippen molar-refractivity contribution in [3.63, 3.8) is 0 Å². The maximum absolute atomic E-state index is 4.01. The highest BCUT2D eigenvalue weighted by Gasteiger charge is 1.77. The third kappa shape index (κ3) is 6.66. The van der Waals surface area contributed by atoms with Crippen molar-refractivity contribution in [2.45, 2.75) is 0 Å². The molecule has 0 aromatic heterocycles. The lowest BCUT2D eigenvalue weighted by Crippen LogP contribution is -2.18. The highest BCUT2D eigenvalue weighted by Crippen LogP contribution is 1.70. The molecule has 0 aliphatic heterocycles. The molecule has 0 aromatic rings. The minimum absolute atomic E-state index is 0.910. The molecule has 0 radical (unpaired) electrons. The largest absolute Gasteiger partial charge is 0.315 e. The lowest BCUT2D eigenvalue weighted by atomic mass is 10.7. The van der Waals surface area contributed by atoms with Crippen molar-refractivity contribution in [1.29, 1.82) is 0 Å². The zero-order valence-electron chi connectivity index (χ0n) is 4.22. The second-order valence-corrected chi connectivity index (χ2v) is 2.09. The van der Waals surface area contributed by atoms with Crippen LogP contribution < -0.4 is 5.32 Å². The predicted octanol–water partition coefficient (Wildman–Crippen LogP) is 0.436.